The van der Waals surface area contributed by atoms with E-state index < -0.39 is 22.0 Å². The van der Waals surface area contributed by atoms with Crippen LogP contribution >= 0.6 is 0 Å². The van der Waals surface area contributed by atoms with Crippen molar-refractivity contribution < 1.29 is 26.4 Å². The molecule has 0 saturated heterocycles. The van der Waals surface area contributed by atoms with Gasteiger partial charge in [-0.05, 0) is 37.3 Å². The quantitative estimate of drug-likeness (QED) is 0.222. The van der Waals surface area contributed by atoms with E-state index in [2.05, 4.69) is 5.32 Å². The van der Waals surface area contributed by atoms with Crippen LogP contribution in [-0.2, 0) is 16.6 Å². The number of aromatic nitrogens is 2. The number of hydrogen-bond donors (Lipinski definition) is 1. The first-order valence-corrected chi connectivity index (χ1v) is 16.1. The van der Waals surface area contributed by atoms with Gasteiger partial charge >= 0.3 is 0 Å². The zero-order chi connectivity index (χ0) is 31.8. The lowest BCUT2D eigenvalue weighted by Gasteiger charge is -2.24. The number of carbonyl (C=O) groups excluding carboxylic acids is 1. The van der Waals surface area contributed by atoms with Gasteiger partial charge in [0.05, 0.1) is 46.6 Å². The summed E-state index contributed by atoms with van der Waals surface area (Å²) >= 11 is 0. The minimum atomic E-state index is -3.75. The Balaban J connectivity index is 1.51. The molecule has 1 atom stereocenters. The Kier molecular flexibility index (Phi) is 6.55. The number of aryl methyl sites for hydroxylation is 1. The molecule has 6 aromatic rings. The Morgan fingerprint density at radius 1 is 1.07 bits per heavy atom. The molecule has 8 nitrogen and oxygen atoms in total. The fourth-order valence-corrected chi connectivity index (χ4v) is 6.52. The molecule has 3 aromatic heterocycles. The lowest BCUT2D eigenvalue weighted by Crippen LogP contribution is -2.25. The number of rotatable bonds is 5. The van der Waals surface area contributed by atoms with Gasteiger partial charge in [0, 0.05) is 47.6 Å². The van der Waals surface area contributed by atoms with Gasteiger partial charge in [-0.25, -0.2) is 22.2 Å². The van der Waals surface area contributed by atoms with Crippen molar-refractivity contribution in [2.75, 3.05) is 24.7 Å². The van der Waals surface area contributed by atoms with Crippen molar-refractivity contribution in [2.45, 2.75) is 19.6 Å². The topological polar surface area (TPSA) is 97.4 Å². The van der Waals surface area contributed by atoms with Crippen molar-refractivity contribution in [1.82, 2.24) is 14.9 Å². The summed E-state index contributed by atoms with van der Waals surface area (Å²) in [5.74, 6) is -0.472. The van der Waals surface area contributed by atoms with Gasteiger partial charge in [0.1, 0.15) is 23.3 Å². The first kappa shape index (κ1) is 28.7. The Morgan fingerprint density at radius 2 is 1.82 bits per heavy atom. The van der Waals surface area contributed by atoms with E-state index in [0.29, 0.717) is 61.4 Å². The maximum absolute atomic E-state index is 15.5. The number of pyridine rings is 1. The largest absolute Gasteiger partial charge is 0.455 e. The average Bonchev–Trinajstić information content (AvgIpc) is 3.59. The summed E-state index contributed by atoms with van der Waals surface area (Å²) in [5.41, 5.74) is 5.06. The lowest BCUT2D eigenvalue weighted by molar-refractivity contribution is 0.0964. The highest BCUT2D eigenvalue weighted by atomic mass is 32.2. The van der Waals surface area contributed by atoms with Gasteiger partial charge in [0.15, 0.2) is 0 Å². The number of furan rings is 1. The molecule has 1 unspecified atom stereocenters. The van der Waals surface area contributed by atoms with Crippen molar-refractivity contribution in [3.8, 4) is 34.0 Å². The van der Waals surface area contributed by atoms with E-state index in [1.807, 2.05) is 31.2 Å². The van der Waals surface area contributed by atoms with Crippen molar-refractivity contribution in [3.63, 3.8) is 0 Å². The highest BCUT2D eigenvalue weighted by Crippen LogP contribution is 2.44. The summed E-state index contributed by atoms with van der Waals surface area (Å²) in [4.78, 5) is 18.2. The summed E-state index contributed by atoms with van der Waals surface area (Å²) in [6.45, 7) is 1.96. The minimum absolute atomic E-state index is 0.0106. The van der Waals surface area contributed by atoms with Crippen molar-refractivity contribution in [1.29, 1.82) is 0 Å². The lowest BCUT2D eigenvalue weighted by atomic mass is 9.98. The summed E-state index contributed by atoms with van der Waals surface area (Å²) in [6.07, 6.45) is -0.308. The molecule has 0 aliphatic carbocycles. The molecule has 0 spiro atoms. The molecule has 0 saturated carbocycles. The summed E-state index contributed by atoms with van der Waals surface area (Å²) in [6, 6.07) is 20.4. The minimum Gasteiger partial charge on any atom is -0.455 e. The van der Waals surface area contributed by atoms with Crippen LogP contribution in [-0.4, -0.2) is 44.2 Å². The summed E-state index contributed by atoms with van der Waals surface area (Å²) in [5, 5.41) is 3.49. The molecule has 7 rings (SSSR count). The second-order valence-corrected chi connectivity index (χ2v) is 13.3. The molecule has 0 fully saturated rings. The first-order chi connectivity index (χ1) is 21.5. The molecule has 0 bridgehead atoms. The van der Waals surface area contributed by atoms with Crippen LogP contribution in [0.5, 0.6) is 0 Å². The van der Waals surface area contributed by atoms with Gasteiger partial charge in [-0.15, -0.1) is 0 Å². The van der Waals surface area contributed by atoms with Crippen LogP contribution in [0.2, 0.25) is 0 Å². The number of benzene rings is 3. The zero-order valence-electron chi connectivity index (χ0n) is 24.9. The number of anilines is 1. The molecule has 11 heteroatoms. The SMILES string of the molecule is CNC(=O)c1c(-c2ccc(C)cc2)oc2cc(N(C)S(C)(=O)=O)c(-c3ccc4c(n3)-c3cc5c(F)cccc5n3CC4F)cc12. The van der Waals surface area contributed by atoms with Gasteiger partial charge in [-0.3, -0.25) is 9.10 Å². The third-order valence-corrected chi connectivity index (χ3v) is 9.62. The summed E-state index contributed by atoms with van der Waals surface area (Å²) < 4.78 is 65.0. The number of amides is 1. The van der Waals surface area contributed by atoms with Gasteiger partial charge in [-0.1, -0.05) is 42.0 Å². The Hall–Kier alpha value is -5.03. The van der Waals surface area contributed by atoms with Gasteiger partial charge < -0.3 is 14.3 Å². The molecule has 4 heterocycles. The van der Waals surface area contributed by atoms with Crippen LogP contribution < -0.4 is 9.62 Å². The molecule has 228 valence electrons. The maximum atomic E-state index is 15.5. The molecule has 1 aliphatic heterocycles. The van der Waals surface area contributed by atoms with E-state index in [1.54, 1.807) is 47.0 Å². The zero-order valence-corrected chi connectivity index (χ0v) is 25.7. The predicted octanol–water partition coefficient (Wildman–Crippen LogP) is 7.01. The molecule has 1 aliphatic rings. The van der Waals surface area contributed by atoms with Gasteiger partial charge in [0.25, 0.3) is 5.91 Å². The molecule has 0 radical (unpaired) electrons. The van der Waals surface area contributed by atoms with Crippen LogP contribution in [0.25, 0.3) is 55.8 Å². The normalized spacial score (nSPS) is 14.4. The number of sulfonamides is 1. The number of halogens is 2. The molecule has 45 heavy (non-hydrogen) atoms. The van der Waals surface area contributed by atoms with E-state index >= 15 is 4.39 Å². The Bertz CT molecular complexity index is 2290. The average molecular weight is 627 g/mol. The molecular weight excluding hydrogens is 598 g/mol. The monoisotopic (exact) mass is 626 g/mol. The number of carbonyl (C=O) groups is 1. The van der Waals surface area contributed by atoms with Crippen LogP contribution in [0, 0.1) is 12.7 Å². The number of hydrogen-bond acceptors (Lipinski definition) is 5. The second kappa shape index (κ2) is 10.3. The van der Waals surface area contributed by atoms with E-state index in [0.717, 1.165) is 16.1 Å². The smallest absolute Gasteiger partial charge is 0.255 e. The Morgan fingerprint density at radius 3 is 2.53 bits per heavy atom. The number of nitrogens with one attached hydrogen (secondary N) is 1. The van der Waals surface area contributed by atoms with Crippen molar-refractivity contribution in [2.24, 2.45) is 0 Å². The summed E-state index contributed by atoms with van der Waals surface area (Å²) in [7, 11) is -0.817. The maximum Gasteiger partial charge on any atom is 0.255 e. The third kappa shape index (κ3) is 4.57. The second-order valence-electron chi connectivity index (χ2n) is 11.3. The first-order valence-electron chi connectivity index (χ1n) is 14.2. The molecule has 1 N–H and O–H groups in total. The van der Waals surface area contributed by atoms with Gasteiger partial charge in [-0.2, -0.15) is 0 Å². The number of nitrogens with zero attached hydrogens (tertiary/aromatic N) is 3. The number of fused-ring (bicyclic) bond motifs is 6. The highest BCUT2D eigenvalue weighted by molar-refractivity contribution is 7.92. The van der Waals surface area contributed by atoms with Crippen molar-refractivity contribution >= 4 is 43.5 Å². The standard InChI is InChI=1S/C34H28F2N4O4S/c1-18-8-10-19(11-9-18)33-31(34(41)37-2)23-14-22(28(16-30(23)44-33)39(3)45(4,42)43)26-13-12-20-25(36)17-40-27-7-5-6-24(35)21(27)15-29(40)32(20)38-26/h5-16,25H,17H2,1-4H3,(H,37,41). The highest BCUT2D eigenvalue weighted by Gasteiger charge is 2.30. The predicted molar refractivity (Wildman–Crippen MR) is 171 cm³/mol. The van der Waals surface area contributed by atoms with E-state index in [-0.39, 0.29) is 23.7 Å². The van der Waals surface area contributed by atoms with E-state index in [4.69, 9.17) is 9.40 Å². The van der Waals surface area contributed by atoms with E-state index in [9.17, 15) is 17.6 Å². The third-order valence-electron chi connectivity index (χ3n) is 8.43. The molecular formula is C34H28F2N4O4S. The van der Waals surface area contributed by atoms with E-state index in [1.165, 1.54) is 20.2 Å². The Labute approximate surface area is 258 Å². The van der Waals surface area contributed by atoms with Crippen LogP contribution in [0.3, 0.4) is 0 Å². The van der Waals surface area contributed by atoms with Gasteiger partial charge in [0.2, 0.25) is 10.0 Å². The van der Waals surface area contributed by atoms with Crippen LogP contribution in [0.4, 0.5) is 14.5 Å². The fraction of sp³-hybridized carbons (Fsp3) is 0.176. The van der Waals surface area contributed by atoms with Crippen LogP contribution in [0.15, 0.2) is 77.2 Å². The fourth-order valence-electron chi connectivity index (χ4n) is 6.01. The van der Waals surface area contributed by atoms with Crippen LogP contribution in [0.1, 0.15) is 27.7 Å². The molecule has 3 aromatic carbocycles. The number of alkyl halides is 1. The molecule has 1 amide bonds. The van der Waals surface area contributed by atoms with Crippen molar-refractivity contribution in [3.05, 3.63) is 95.3 Å².